The molecule has 1 heterocycles. The number of anilines is 1. The van der Waals surface area contributed by atoms with E-state index in [0.29, 0.717) is 29.5 Å². The molecular weight excluding hydrogens is 432 g/mol. The van der Waals surface area contributed by atoms with Gasteiger partial charge >= 0.3 is 0 Å². The summed E-state index contributed by atoms with van der Waals surface area (Å²) in [6.07, 6.45) is 2.44. The average Bonchev–Trinajstić information content (AvgIpc) is 2.74. The molecule has 0 radical (unpaired) electrons. The number of rotatable bonds is 9. The van der Waals surface area contributed by atoms with Gasteiger partial charge in [0.05, 0.1) is 11.5 Å². The Morgan fingerprint density at radius 1 is 1.03 bits per heavy atom. The Hall–Kier alpha value is -3.43. The third-order valence-corrected chi connectivity index (χ3v) is 5.39. The predicted molar refractivity (Wildman–Crippen MR) is 120 cm³/mol. The first kappa shape index (κ1) is 23.2. The van der Waals surface area contributed by atoms with Crippen molar-refractivity contribution in [3.63, 3.8) is 0 Å². The first-order valence-corrected chi connectivity index (χ1v) is 11.6. The summed E-state index contributed by atoms with van der Waals surface area (Å²) in [4.78, 5) is 16.8. The average molecular weight is 457 g/mol. The van der Waals surface area contributed by atoms with Gasteiger partial charge in [-0.3, -0.25) is 9.78 Å². The highest BCUT2D eigenvalue weighted by Crippen LogP contribution is 2.31. The summed E-state index contributed by atoms with van der Waals surface area (Å²) in [5.74, 6) is 0.921. The van der Waals surface area contributed by atoms with E-state index in [1.807, 2.05) is 6.92 Å². The molecule has 9 heteroatoms. The van der Waals surface area contributed by atoms with E-state index in [2.05, 4.69) is 10.3 Å². The van der Waals surface area contributed by atoms with E-state index in [4.69, 9.17) is 14.2 Å². The number of benzene rings is 2. The van der Waals surface area contributed by atoms with Gasteiger partial charge in [0.25, 0.3) is 5.91 Å². The first-order valence-electron chi connectivity index (χ1n) is 9.75. The second-order valence-corrected chi connectivity index (χ2v) is 9.11. The van der Waals surface area contributed by atoms with Crippen LogP contribution < -0.4 is 14.8 Å². The van der Waals surface area contributed by atoms with E-state index >= 15 is 0 Å². The Morgan fingerprint density at radius 2 is 1.75 bits per heavy atom. The summed E-state index contributed by atoms with van der Waals surface area (Å²) < 4.78 is 40.2. The van der Waals surface area contributed by atoms with Crippen LogP contribution in [0.2, 0.25) is 0 Å². The Kier molecular flexibility index (Phi) is 7.45. The second kappa shape index (κ2) is 10.3. The van der Waals surface area contributed by atoms with Crippen molar-refractivity contribution >= 4 is 21.4 Å². The van der Waals surface area contributed by atoms with Crippen LogP contribution in [-0.4, -0.2) is 45.4 Å². The topological polar surface area (TPSA) is 104 Å². The Balaban J connectivity index is 1.86. The van der Waals surface area contributed by atoms with Crippen molar-refractivity contribution in [3.8, 4) is 17.2 Å². The highest BCUT2D eigenvalue weighted by Gasteiger charge is 2.13. The molecule has 8 nitrogen and oxygen atoms in total. The molecule has 0 aliphatic rings. The number of nitrogens with zero attached hydrogens (tertiary/aromatic N) is 1. The predicted octanol–water partition coefficient (Wildman–Crippen LogP) is 3.94. The van der Waals surface area contributed by atoms with Gasteiger partial charge in [-0.15, -0.1) is 0 Å². The van der Waals surface area contributed by atoms with Gasteiger partial charge in [-0.1, -0.05) is 6.07 Å². The van der Waals surface area contributed by atoms with Gasteiger partial charge in [-0.2, -0.15) is 0 Å². The number of hydrogen-bond acceptors (Lipinski definition) is 7. The van der Waals surface area contributed by atoms with E-state index in [0.717, 1.165) is 6.26 Å². The second-order valence-electron chi connectivity index (χ2n) is 7.09. The summed E-state index contributed by atoms with van der Waals surface area (Å²) in [7, 11) is -1.72. The Bertz CT molecular complexity index is 1160. The van der Waals surface area contributed by atoms with Crippen molar-refractivity contribution in [1.82, 2.24) is 4.98 Å². The van der Waals surface area contributed by atoms with Crippen molar-refractivity contribution in [2.75, 3.05) is 25.3 Å². The standard InChI is InChI=1S/C23H24N2O6S/c1-16(15-29-2)30-19-12-17(25-23(26)22-6-4-5-11-24-22)13-20(14-19)31-18-7-9-21(10-8-18)32(3,27)28/h4-14,16H,15H2,1-3H3,(H,25,26)/t16-/m0/s1. The number of ether oxygens (including phenoxy) is 3. The maximum Gasteiger partial charge on any atom is 0.274 e. The molecule has 0 saturated heterocycles. The minimum absolute atomic E-state index is 0.193. The molecule has 0 aliphatic carbocycles. The molecule has 1 amide bonds. The molecule has 3 aromatic rings. The SMILES string of the molecule is COC[C@H](C)Oc1cc(NC(=O)c2ccccn2)cc(Oc2ccc(S(C)(=O)=O)cc2)c1. The lowest BCUT2D eigenvalue weighted by molar-refractivity contribution is 0.0920. The van der Waals surface area contributed by atoms with Crippen molar-refractivity contribution in [1.29, 1.82) is 0 Å². The van der Waals surface area contributed by atoms with Gasteiger partial charge in [-0.05, 0) is 43.3 Å². The number of hydrogen-bond donors (Lipinski definition) is 1. The molecule has 2 aromatic carbocycles. The third-order valence-electron chi connectivity index (χ3n) is 4.26. The van der Waals surface area contributed by atoms with Crippen LogP contribution in [0, 0.1) is 0 Å². The van der Waals surface area contributed by atoms with Crippen LogP contribution in [0.3, 0.4) is 0 Å². The molecule has 0 bridgehead atoms. The van der Waals surface area contributed by atoms with E-state index in [9.17, 15) is 13.2 Å². The van der Waals surface area contributed by atoms with Gasteiger partial charge in [0.1, 0.15) is 29.0 Å². The monoisotopic (exact) mass is 456 g/mol. The molecule has 0 aliphatic heterocycles. The Labute approximate surface area is 187 Å². The molecule has 168 valence electrons. The molecule has 0 fully saturated rings. The fourth-order valence-electron chi connectivity index (χ4n) is 2.86. The maximum absolute atomic E-state index is 12.5. The number of aromatic nitrogens is 1. The van der Waals surface area contributed by atoms with Crippen LogP contribution >= 0.6 is 0 Å². The van der Waals surface area contributed by atoms with Gasteiger partial charge in [0.15, 0.2) is 9.84 Å². The van der Waals surface area contributed by atoms with E-state index in [-0.39, 0.29) is 22.6 Å². The molecule has 1 aromatic heterocycles. The minimum atomic E-state index is -3.31. The number of pyridine rings is 1. The number of methoxy groups -OCH3 is 1. The number of nitrogens with one attached hydrogen (secondary N) is 1. The molecule has 3 rings (SSSR count). The molecular formula is C23H24N2O6S. The zero-order valence-corrected chi connectivity index (χ0v) is 18.8. The van der Waals surface area contributed by atoms with Crippen LogP contribution in [0.1, 0.15) is 17.4 Å². The van der Waals surface area contributed by atoms with Gasteiger partial charge in [0, 0.05) is 43.4 Å². The van der Waals surface area contributed by atoms with Crippen molar-refractivity contribution in [2.24, 2.45) is 0 Å². The number of carbonyl (C=O) groups excluding carboxylic acids is 1. The van der Waals surface area contributed by atoms with Crippen LogP contribution in [0.4, 0.5) is 5.69 Å². The van der Waals surface area contributed by atoms with Crippen molar-refractivity contribution < 1.29 is 27.4 Å². The van der Waals surface area contributed by atoms with Gasteiger partial charge in [-0.25, -0.2) is 8.42 Å². The molecule has 1 atom stereocenters. The van der Waals surface area contributed by atoms with Crippen molar-refractivity contribution in [2.45, 2.75) is 17.9 Å². The largest absolute Gasteiger partial charge is 0.488 e. The fourth-order valence-corrected chi connectivity index (χ4v) is 3.49. The summed E-state index contributed by atoms with van der Waals surface area (Å²) in [5, 5.41) is 2.79. The maximum atomic E-state index is 12.5. The molecule has 32 heavy (non-hydrogen) atoms. The minimum Gasteiger partial charge on any atom is -0.488 e. The van der Waals surface area contributed by atoms with Crippen molar-refractivity contribution in [3.05, 3.63) is 72.6 Å². The summed E-state index contributed by atoms with van der Waals surface area (Å²) >= 11 is 0. The zero-order valence-electron chi connectivity index (χ0n) is 17.9. The number of carbonyl (C=O) groups is 1. The zero-order chi connectivity index (χ0) is 23.1. The lowest BCUT2D eigenvalue weighted by Crippen LogP contribution is -2.18. The van der Waals surface area contributed by atoms with Crippen LogP contribution in [0.15, 0.2) is 71.8 Å². The van der Waals surface area contributed by atoms with E-state index < -0.39 is 9.84 Å². The highest BCUT2D eigenvalue weighted by molar-refractivity contribution is 7.90. The summed E-state index contributed by atoms with van der Waals surface area (Å²) in [6, 6.07) is 16.1. The van der Waals surface area contributed by atoms with Crippen LogP contribution in [0.25, 0.3) is 0 Å². The van der Waals surface area contributed by atoms with Crippen LogP contribution in [0.5, 0.6) is 17.2 Å². The smallest absolute Gasteiger partial charge is 0.274 e. The summed E-state index contributed by atoms with van der Waals surface area (Å²) in [6.45, 7) is 2.24. The lowest BCUT2D eigenvalue weighted by Gasteiger charge is -2.16. The third kappa shape index (κ3) is 6.53. The first-order chi connectivity index (χ1) is 15.2. The quantitative estimate of drug-likeness (QED) is 0.520. The number of sulfone groups is 1. The molecule has 0 saturated carbocycles. The fraction of sp³-hybridized carbons (Fsp3) is 0.217. The lowest BCUT2D eigenvalue weighted by atomic mass is 10.2. The normalized spacial score (nSPS) is 12.1. The molecule has 0 unspecified atom stereocenters. The number of amides is 1. The van der Waals surface area contributed by atoms with Crippen LogP contribution in [-0.2, 0) is 14.6 Å². The van der Waals surface area contributed by atoms with E-state index in [1.54, 1.807) is 55.6 Å². The van der Waals surface area contributed by atoms with Gasteiger partial charge in [0.2, 0.25) is 0 Å². The summed E-state index contributed by atoms with van der Waals surface area (Å²) in [5.41, 5.74) is 0.718. The Morgan fingerprint density at radius 3 is 2.38 bits per heavy atom. The van der Waals surface area contributed by atoms with Gasteiger partial charge < -0.3 is 19.5 Å². The highest BCUT2D eigenvalue weighted by atomic mass is 32.2. The van der Waals surface area contributed by atoms with E-state index in [1.165, 1.54) is 18.3 Å². The molecule has 0 spiro atoms. The molecule has 1 N–H and O–H groups in total.